The van der Waals surface area contributed by atoms with Crippen LogP contribution in [0.5, 0.6) is 11.5 Å². The molecule has 1 aromatic heterocycles. The summed E-state index contributed by atoms with van der Waals surface area (Å²) in [5, 5.41) is 14.8. The Bertz CT molecular complexity index is 1000. The molecule has 1 atom stereocenters. The SMILES string of the molecule is CC1=CSC(C(=O)O)(c2ccc(Oc3ccccc3)c(-n3ccnc3)c2)N1. The zero-order chi connectivity index (χ0) is 18.9. The number of thioether (sulfide) groups is 1. The van der Waals surface area contributed by atoms with E-state index in [9.17, 15) is 9.90 Å². The summed E-state index contributed by atoms with van der Waals surface area (Å²) in [6, 6.07) is 14.8. The number of carbonyl (C=O) groups is 1. The van der Waals surface area contributed by atoms with Crippen LogP contribution in [0.3, 0.4) is 0 Å². The summed E-state index contributed by atoms with van der Waals surface area (Å²) < 4.78 is 7.83. The Balaban J connectivity index is 1.80. The molecule has 3 aromatic rings. The van der Waals surface area contributed by atoms with Crippen LogP contribution in [0.15, 0.2) is 78.4 Å². The molecule has 0 saturated carbocycles. The van der Waals surface area contributed by atoms with E-state index in [1.165, 1.54) is 11.8 Å². The first-order chi connectivity index (χ1) is 13.1. The zero-order valence-electron chi connectivity index (χ0n) is 14.5. The molecule has 1 unspecified atom stereocenters. The molecule has 0 spiro atoms. The number of ether oxygens (including phenoxy) is 1. The lowest BCUT2D eigenvalue weighted by molar-refractivity contribution is -0.140. The van der Waals surface area contributed by atoms with Crippen molar-refractivity contribution in [2.24, 2.45) is 0 Å². The Morgan fingerprint density at radius 1 is 1.26 bits per heavy atom. The van der Waals surface area contributed by atoms with Crippen LogP contribution in [0.25, 0.3) is 5.69 Å². The summed E-state index contributed by atoms with van der Waals surface area (Å²) >= 11 is 1.24. The van der Waals surface area contributed by atoms with Crippen LogP contribution in [-0.2, 0) is 9.67 Å². The Kier molecular flexibility index (Phi) is 4.37. The van der Waals surface area contributed by atoms with Crippen LogP contribution in [0.4, 0.5) is 0 Å². The highest BCUT2D eigenvalue weighted by atomic mass is 32.2. The predicted molar refractivity (Wildman–Crippen MR) is 104 cm³/mol. The number of nitrogens with zero attached hydrogens (tertiary/aromatic N) is 2. The summed E-state index contributed by atoms with van der Waals surface area (Å²) in [6.45, 7) is 1.85. The smallest absolute Gasteiger partial charge is 0.345 e. The summed E-state index contributed by atoms with van der Waals surface area (Å²) in [7, 11) is 0. The second kappa shape index (κ2) is 6.85. The summed E-state index contributed by atoms with van der Waals surface area (Å²) in [5.41, 5.74) is 2.15. The van der Waals surface area contributed by atoms with Crippen LogP contribution < -0.4 is 10.1 Å². The van der Waals surface area contributed by atoms with Gasteiger partial charge in [-0.25, -0.2) is 9.78 Å². The van der Waals surface area contributed by atoms with Crippen molar-refractivity contribution in [2.75, 3.05) is 0 Å². The lowest BCUT2D eigenvalue weighted by atomic mass is 10.0. The molecule has 0 bridgehead atoms. The quantitative estimate of drug-likeness (QED) is 0.695. The van der Waals surface area contributed by atoms with Gasteiger partial charge in [-0.05, 0) is 36.6 Å². The number of imidazole rings is 1. The summed E-state index contributed by atoms with van der Waals surface area (Å²) in [5.74, 6) is 0.357. The first kappa shape index (κ1) is 17.2. The zero-order valence-corrected chi connectivity index (χ0v) is 15.3. The number of hydrogen-bond acceptors (Lipinski definition) is 5. The number of nitrogens with one attached hydrogen (secondary N) is 1. The van der Waals surface area contributed by atoms with Crippen LogP contribution >= 0.6 is 11.8 Å². The fourth-order valence-corrected chi connectivity index (χ4v) is 3.92. The minimum absolute atomic E-state index is 0.608. The normalized spacial score (nSPS) is 18.6. The highest BCUT2D eigenvalue weighted by Crippen LogP contribution is 2.43. The number of aliphatic carboxylic acids is 1. The third-order valence-corrected chi connectivity index (χ3v) is 5.54. The fraction of sp³-hybridized carbons (Fsp3) is 0.100. The fourth-order valence-electron chi connectivity index (χ4n) is 2.92. The molecule has 0 radical (unpaired) electrons. The first-order valence-electron chi connectivity index (χ1n) is 8.30. The maximum absolute atomic E-state index is 12.1. The molecule has 7 heteroatoms. The third kappa shape index (κ3) is 3.17. The number of rotatable bonds is 5. The minimum atomic E-state index is -1.26. The number of aromatic nitrogens is 2. The van der Waals surface area contributed by atoms with Crippen molar-refractivity contribution in [2.45, 2.75) is 11.8 Å². The summed E-state index contributed by atoms with van der Waals surface area (Å²) in [6.07, 6.45) is 5.12. The Morgan fingerprint density at radius 2 is 2.07 bits per heavy atom. The molecule has 0 amide bonds. The molecule has 4 rings (SSSR count). The first-order valence-corrected chi connectivity index (χ1v) is 9.18. The van der Waals surface area contributed by atoms with Gasteiger partial charge in [0.2, 0.25) is 4.87 Å². The van der Waals surface area contributed by atoms with Gasteiger partial charge in [0, 0.05) is 23.7 Å². The van der Waals surface area contributed by atoms with Gasteiger partial charge in [-0.3, -0.25) is 0 Å². The molecule has 0 saturated heterocycles. The van der Waals surface area contributed by atoms with Gasteiger partial charge in [0.05, 0.1) is 12.0 Å². The Hall–Kier alpha value is -3.19. The molecule has 0 aliphatic carbocycles. The molecule has 2 N–H and O–H groups in total. The Morgan fingerprint density at radius 3 is 2.70 bits per heavy atom. The van der Waals surface area contributed by atoms with Crippen molar-refractivity contribution in [1.82, 2.24) is 14.9 Å². The van der Waals surface area contributed by atoms with E-state index in [-0.39, 0.29) is 0 Å². The molecule has 2 aromatic carbocycles. The number of allylic oxidation sites excluding steroid dienone is 1. The van der Waals surface area contributed by atoms with E-state index in [1.54, 1.807) is 35.4 Å². The number of carboxylic acid groups (broad SMARTS) is 1. The summed E-state index contributed by atoms with van der Waals surface area (Å²) in [4.78, 5) is 14.9. The average molecular weight is 379 g/mol. The number of benzene rings is 2. The van der Waals surface area contributed by atoms with Gasteiger partial charge in [-0.15, -0.1) is 0 Å². The standard InChI is InChI=1S/C20H17N3O3S/c1-14-12-27-20(22-14,19(24)25)15-7-8-18(26-16-5-3-2-4-6-16)17(11-15)23-10-9-21-13-23/h2-13,22H,1H3,(H,24,25). The van der Waals surface area contributed by atoms with Gasteiger partial charge >= 0.3 is 5.97 Å². The van der Waals surface area contributed by atoms with Gasteiger partial charge in [0.15, 0.2) is 5.75 Å². The molecule has 1 aliphatic rings. The van der Waals surface area contributed by atoms with Gasteiger partial charge in [-0.2, -0.15) is 0 Å². The van der Waals surface area contributed by atoms with Crippen molar-refractivity contribution < 1.29 is 14.6 Å². The maximum Gasteiger partial charge on any atom is 0.345 e. The maximum atomic E-state index is 12.1. The molecule has 27 heavy (non-hydrogen) atoms. The van der Waals surface area contributed by atoms with E-state index in [0.717, 1.165) is 5.70 Å². The highest BCUT2D eigenvalue weighted by molar-refractivity contribution is 8.03. The van der Waals surface area contributed by atoms with Crippen LogP contribution in [-0.4, -0.2) is 20.6 Å². The topological polar surface area (TPSA) is 76.4 Å². The Labute approximate surface area is 160 Å². The largest absolute Gasteiger partial charge is 0.479 e. The van der Waals surface area contributed by atoms with Gasteiger partial charge < -0.3 is 19.7 Å². The predicted octanol–water partition coefficient (Wildman–Crippen LogP) is 4.10. The molecule has 0 fully saturated rings. The third-order valence-electron chi connectivity index (χ3n) is 4.21. The van der Waals surface area contributed by atoms with E-state index >= 15 is 0 Å². The van der Waals surface area contributed by atoms with Gasteiger partial charge in [0.25, 0.3) is 0 Å². The van der Waals surface area contributed by atoms with E-state index in [0.29, 0.717) is 22.7 Å². The van der Waals surface area contributed by atoms with Crippen LogP contribution in [0.2, 0.25) is 0 Å². The average Bonchev–Trinajstić information content (AvgIpc) is 3.33. The van der Waals surface area contributed by atoms with Crippen molar-refractivity contribution in [3.8, 4) is 17.2 Å². The molecule has 136 valence electrons. The number of para-hydroxylation sites is 1. The highest BCUT2D eigenvalue weighted by Gasteiger charge is 2.44. The molecular weight excluding hydrogens is 362 g/mol. The van der Waals surface area contributed by atoms with Crippen LogP contribution in [0, 0.1) is 0 Å². The van der Waals surface area contributed by atoms with Gasteiger partial charge in [0.1, 0.15) is 5.75 Å². The van der Waals surface area contributed by atoms with Crippen molar-refractivity contribution in [3.63, 3.8) is 0 Å². The van der Waals surface area contributed by atoms with E-state index < -0.39 is 10.8 Å². The number of hydrogen-bond donors (Lipinski definition) is 2. The minimum Gasteiger partial charge on any atom is -0.479 e. The second-order valence-corrected chi connectivity index (χ2v) is 7.18. The monoisotopic (exact) mass is 379 g/mol. The van der Waals surface area contributed by atoms with Gasteiger partial charge in [-0.1, -0.05) is 36.0 Å². The van der Waals surface area contributed by atoms with E-state index in [1.807, 2.05) is 48.7 Å². The van der Waals surface area contributed by atoms with E-state index in [2.05, 4.69) is 10.3 Å². The van der Waals surface area contributed by atoms with Crippen LogP contribution in [0.1, 0.15) is 12.5 Å². The molecular formula is C20H17N3O3S. The molecule has 2 heterocycles. The van der Waals surface area contributed by atoms with Crippen molar-refractivity contribution in [1.29, 1.82) is 0 Å². The number of carboxylic acids is 1. The van der Waals surface area contributed by atoms with Crippen molar-refractivity contribution >= 4 is 17.7 Å². The second-order valence-electron chi connectivity index (χ2n) is 6.10. The van der Waals surface area contributed by atoms with E-state index in [4.69, 9.17) is 4.74 Å². The molecule has 1 aliphatic heterocycles. The lowest BCUT2D eigenvalue weighted by Crippen LogP contribution is -2.42. The van der Waals surface area contributed by atoms with Crippen molar-refractivity contribution in [3.05, 3.63) is 83.9 Å². The molecule has 6 nitrogen and oxygen atoms in total. The lowest BCUT2D eigenvalue weighted by Gasteiger charge is -2.26.